The predicted octanol–water partition coefficient (Wildman–Crippen LogP) is 4.28. The number of hydrogen-bond acceptors (Lipinski definition) is 5. The normalized spacial score (nSPS) is 11.3. The van der Waals surface area contributed by atoms with Gasteiger partial charge in [-0.15, -0.1) is 0 Å². The van der Waals surface area contributed by atoms with E-state index in [-0.39, 0.29) is 11.6 Å². The standard InChI is InChI=1S/C31H35FN4O4S/c1-40-30(39)27(36-29(38)20-28(37)35-26-17-9-8-16-25(26)32)18-10-11-19-33-31(41)34-21-24(22-12-4-2-5-13-22)23-14-6-3-7-15-23/h2-9,12-17,24,27H,10-11,18-21H2,1H3,(H,35,37)(H,36,38)(H2,33,34,41). The predicted molar refractivity (Wildman–Crippen MR) is 161 cm³/mol. The van der Waals surface area contributed by atoms with E-state index in [4.69, 9.17) is 17.0 Å². The van der Waals surface area contributed by atoms with Crippen LogP contribution in [-0.2, 0) is 19.1 Å². The van der Waals surface area contributed by atoms with Crippen molar-refractivity contribution >= 4 is 40.8 Å². The first-order valence-electron chi connectivity index (χ1n) is 13.4. The molecule has 3 rings (SSSR count). The second-order valence-corrected chi connectivity index (χ2v) is 9.76. The number of benzene rings is 3. The second kappa shape index (κ2) is 16.7. The molecule has 0 aromatic heterocycles. The van der Waals surface area contributed by atoms with Crippen LogP contribution in [0.2, 0.25) is 0 Å². The van der Waals surface area contributed by atoms with Crippen LogP contribution in [0.4, 0.5) is 10.1 Å². The Kier molecular flexibility index (Phi) is 12.7. The van der Waals surface area contributed by atoms with Crippen molar-refractivity contribution in [1.82, 2.24) is 16.0 Å². The van der Waals surface area contributed by atoms with Crippen LogP contribution < -0.4 is 21.3 Å². The summed E-state index contributed by atoms with van der Waals surface area (Å²) >= 11 is 5.47. The van der Waals surface area contributed by atoms with E-state index in [1.807, 2.05) is 36.4 Å². The van der Waals surface area contributed by atoms with Crippen molar-refractivity contribution in [2.75, 3.05) is 25.5 Å². The lowest BCUT2D eigenvalue weighted by atomic mass is 9.91. The smallest absolute Gasteiger partial charge is 0.328 e. The SMILES string of the molecule is COC(=O)C(CCCCNC(=S)NCC(c1ccccc1)c1ccccc1)NC(=O)CC(=O)Nc1ccccc1F. The molecule has 216 valence electrons. The summed E-state index contributed by atoms with van der Waals surface area (Å²) in [6, 6.07) is 25.2. The monoisotopic (exact) mass is 578 g/mol. The average molecular weight is 579 g/mol. The fourth-order valence-electron chi connectivity index (χ4n) is 4.27. The molecule has 0 spiro atoms. The number of thiocarbonyl (C=S) groups is 1. The van der Waals surface area contributed by atoms with E-state index in [9.17, 15) is 18.8 Å². The molecule has 0 saturated heterocycles. The molecule has 3 aromatic rings. The maximum Gasteiger partial charge on any atom is 0.328 e. The van der Waals surface area contributed by atoms with Gasteiger partial charge in [0.2, 0.25) is 11.8 Å². The van der Waals surface area contributed by atoms with Gasteiger partial charge in [0.25, 0.3) is 0 Å². The lowest BCUT2D eigenvalue weighted by Gasteiger charge is -2.20. The van der Waals surface area contributed by atoms with E-state index >= 15 is 0 Å². The Morgan fingerprint density at radius 2 is 1.44 bits per heavy atom. The first-order chi connectivity index (χ1) is 19.9. The molecular weight excluding hydrogens is 543 g/mol. The number of rotatable bonds is 14. The molecule has 10 heteroatoms. The topological polar surface area (TPSA) is 109 Å². The van der Waals surface area contributed by atoms with Crippen LogP contribution in [0.1, 0.15) is 42.7 Å². The summed E-state index contributed by atoms with van der Waals surface area (Å²) in [4.78, 5) is 36.7. The van der Waals surface area contributed by atoms with Gasteiger partial charge in [-0.2, -0.15) is 0 Å². The zero-order valence-electron chi connectivity index (χ0n) is 22.9. The fourth-order valence-corrected chi connectivity index (χ4v) is 4.46. The van der Waals surface area contributed by atoms with E-state index in [2.05, 4.69) is 45.5 Å². The summed E-state index contributed by atoms with van der Waals surface area (Å²) < 4.78 is 18.5. The number of nitrogens with one attached hydrogen (secondary N) is 4. The minimum absolute atomic E-state index is 0.0228. The summed E-state index contributed by atoms with van der Waals surface area (Å²) in [5.74, 6) is -2.43. The van der Waals surface area contributed by atoms with Gasteiger partial charge in [0.1, 0.15) is 18.3 Å². The van der Waals surface area contributed by atoms with Gasteiger partial charge in [-0.1, -0.05) is 72.8 Å². The third-order valence-corrected chi connectivity index (χ3v) is 6.65. The first-order valence-corrected chi connectivity index (χ1v) is 13.8. The Morgan fingerprint density at radius 1 is 0.829 bits per heavy atom. The Morgan fingerprint density at radius 3 is 2.05 bits per heavy atom. The van der Waals surface area contributed by atoms with Crippen LogP contribution in [0.15, 0.2) is 84.9 Å². The second-order valence-electron chi connectivity index (χ2n) is 9.35. The molecule has 0 heterocycles. The fraction of sp³-hybridized carbons (Fsp3) is 0.290. The summed E-state index contributed by atoms with van der Waals surface area (Å²) in [5.41, 5.74) is 2.36. The maximum atomic E-state index is 13.7. The van der Waals surface area contributed by atoms with Crippen LogP contribution >= 0.6 is 12.2 Å². The lowest BCUT2D eigenvalue weighted by molar-refractivity contribution is -0.145. The van der Waals surface area contributed by atoms with Gasteiger partial charge in [-0.3, -0.25) is 9.59 Å². The van der Waals surface area contributed by atoms with Gasteiger partial charge in [0.15, 0.2) is 5.11 Å². The first kappa shape index (κ1) is 31.2. The molecule has 1 unspecified atom stereocenters. The number of methoxy groups -OCH3 is 1. The highest BCUT2D eigenvalue weighted by Gasteiger charge is 2.22. The number of hydrogen-bond donors (Lipinski definition) is 4. The van der Waals surface area contributed by atoms with Crippen LogP contribution in [-0.4, -0.2) is 49.1 Å². The molecule has 41 heavy (non-hydrogen) atoms. The van der Waals surface area contributed by atoms with Crippen molar-refractivity contribution in [3.05, 3.63) is 102 Å². The molecule has 4 N–H and O–H groups in total. The van der Waals surface area contributed by atoms with Crippen molar-refractivity contribution in [2.45, 2.75) is 37.6 Å². The molecular formula is C31H35FN4O4S. The largest absolute Gasteiger partial charge is 0.467 e. The molecule has 0 fully saturated rings. The number of ether oxygens (including phenoxy) is 1. The van der Waals surface area contributed by atoms with E-state index in [1.165, 1.54) is 36.4 Å². The van der Waals surface area contributed by atoms with Gasteiger partial charge in [-0.05, 0) is 54.7 Å². The molecule has 2 amide bonds. The van der Waals surface area contributed by atoms with Gasteiger partial charge >= 0.3 is 5.97 Å². The van der Waals surface area contributed by atoms with Gasteiger partial charge in [0.05, 0.1) is 12.8 Å². The van der Waals surface area contributed by atoms with E-state index in [0.29, 0.717) is 37.5 Å². The summed E-state index contributed by atoms with van der Waals surface area (Å²) in [7, 11) is 1.23. The summed E-state index contributed by atoms with van der Waals surface area (Å²) in [6.07, 6.45) is 1.03. The molecule has 1 atom stereocenters. The quantitative estimate of drug-likeness (QED) is 0.0979. The van der Waals surface area contributed by atoms with Gasteiger partial charge < -0.3 is 26.0 Å². The minimum Gasteiger partial charge on any atom is -0.467 e. The highest BCUT2D eigenvalue weighted by Crippen LogP contribution is 2.23. The number of carbonyl (C=O) groups excluding carboxylic acids is 3. The van der Waals surface area contributed by atoms with Gasteiger partial charge in [0, 0.05) is 19.0 Å². The zero-order valence-corrected chi connectivity index (χ0v) is 23.7. The lowest BCUT2D eigenvalue weighted by Crippen LogP contribution is -2.42. The molecule has 0 aliphatic carbocycles. The average Bonchev–Trinajstić information content (AvgIpc) is 2.98. The molecule has 0 bridgehead atoms. The number of anilines is 1. The number of unbranched alkanes of at least 4 members (excludes halogenated alkanes) is 1. The molecule has 8 nitrogen and oxygen atoms in total. The minimum atomic E-state index is -0.906. The van der Waals surface area contributed by atoms with Crippen molar-refractivity contribution in [1.29, 1.82) is 0 Å². The van der Waals surface area contributed by atoms with Crippen molar-refractivity contribution in [2.24, 2.45) is 0 Å². The zero-order chi connectivity index (χ0) is 29.5. The number of para-hydroxylation sites is 1. The number of halogens is 1. The Balaban J connectivity index is 1.40. The molecule has 0 radical (unpaired) electrons. The van der Waals surface area contributed by atoms with E-state index in [0.717, 1.165) is 0 Å². The molecule has 0 aliphatic heterocycles. The van der Waals surface area contributed by atoms with Crippen LogP contribution in [0, 0.1) is 5.82 Å². The number of esters is 1. The van der Waals surface area contributed by atoms with Crippen molar-refractivity contribution in [3.8, 4) is 0 Å². The van der Waals surface area contributed by atoms with E-state index in [1.54, 1.807) is 6.07 Å². The van der Waals surface area contributed by atoms with Crippen LogP contribution in [0.5, 0.6) is 0 Å². The van der Waals surface area contributed by atoms with Crippen LogP contribution in [0.25, 0.3) is 0 Å². The number of carbonyl (C=O) groups is 3. The van der Waals surface area contributed by atoms with Crippen molar-refractivity contribution in [3.63, 3.8) is 0 Å². The third-order valence-electron chi connectivity index (χ3n) is 6.37. The Bertz CT molecular complexity index is 1250. The summed E-state index contributed by atoms with van der Waals surface area (Å²) in [6.45, 7) is 1.20. The van der Waals surface area contributed by atoms with Gasteiger partial charge in [-0.25, -0.2) is 9.18 Å². The molecule has 0 saturated carbocycles. The molecule has 3 aromatic carbocycles. The highest BCUT2D eigenvalue weighted by atomic mass is 32.1. The molecule has 0 aliphatic rings. The third kappa shape index (κ3) is 10.6. The highest BCUT2D eigenvalue weighted by molar-refractivity contribution is 7.80. The number of amides is 2. The Labute approximate surface area is 245 Å². The summed E-state index contributed by atoms with van der Waals surface area (Å²) in [5, 5.41) is 11.9. The van der Waals surface area contributed by atoms with E-state index < -0.39 is 36.1 Å². The van der Waals surface area contributed by atoms with Crippen LogP contribution in [0.3, 0.4) is 0 Å². The van der Waals surface area contributed by atoms with Crippen molar-refractivity contribution < 1.29 is 23.5 Å². The maximum absolute atomic E-state index is 13.7. The Hall–Kier alpha value is -4.31.